The number of aliphatic hydroxyl groups is 1. The summed E-state index contributed by atoms with van der Waals surface area (Å²) in [6.07, 6.45) is 2.17. The van der Waals surface area contributed by atoms with Crippen molar-refractivity contribution in [3.05, 3.63) is 0 Å². The van der Waals surface area contributed by atoms with Crippen molar-refractivity contribution in [2.45, 2.75) is 60.0 Å². The van der Waals surface area contributed by atoms with Crippen LogP contribution in [0.3, 0.4) is 0 Å². The van der Waals surface area contributed by atoms with Crippen LogP contribution < -0.4 is 0 Å². The van der Waals surface area contributed by atoms with Gasteiger partial charge in [0.05, 0.1) is 6.10 Å². The quantitative estimate of drug-likeness (QED) is 0.803. The summed E-state index contributed by atoms with van der Waals surface area (Å²) in [7, 11) is 0. The second-order valence-corrected chi connectivity index (χ2v) is 6.49. The molecule has 94 valence electrons. The number of rotatable bonds is 3. The van der Waals surface area contributed by atoms with Gasteiger partial charge >= 0.3 is 0 Å². The second kappa shape index (κ2) is 4.87. The SMILES string of the molecule is CC(C)C(=O)CC1C(C)CC(O)CC1(C)C. The molecule has 1 N–H and O–H groups in total. The Hall–Kier alpha value is -0.370. The zero-order valence-electron chi connectivity index (χ0n) is 11.3. The van der Waals surface area contributed by atoms with Gasteiger partial charge in [-0.15, -0.1) is 0 Å². The first-order chi connectivity index (χ1) is 7.24. The highest BCUT2D eigenvalue weighted by Gasteiger charge is 2.41. The predicted octanol–water partition coefficient (Wildman–Crippen LogP) is 3.03. The maximum absolute atomic E-state index is 11.9. The number of hydrogen-bond donors (Lipinski definition) is 1. The summed E-state index contributed by atoms with van der Waals surface area (Å²) < 4.78 is 0. The Labute approximate surface area is 99.4 Å². The molecule has 0 saturated heterocycles. The highest BCUT2D eigenvalue weighted by Crippen LogP contribution is 2.46. The summed E-state index contributed by atoms with van der Waals surface area (Å²) in [6, 6.07) is 0. The lowest BCUT2D eigenvalue weighted by molar-refractivity contribution is -0.126. The third kappa shape index (κ3) is 3.07. The molecule has 0 aromatic carbocycles. The van der Waals surface area contributed by atoms with E-state index in [1.807, 2.05) is 13.8 Å². The van der Waals surface area contributed by atoms with Crippen LogP contribution in [0.5, 0.6) is 0 Å². The number of carbonyl (C=O) groups is 1. The lowest BCUT2D eigenvalue weighted by atomic mass is 9.61. The van der Waals surface area contributed by atoms with Crippen LogP contribution in [0, 0.1) is 23.2 Å². The molecule has 2 heteroatoms. The van der Waals surface area contributed by atoms with E-state index in [1.54, 1.807) is 0 Å². The topological polar surface area (TPSA) is 37.3 Å². The summed E-state index contributed by atoms with van der Waals surface area (Å²) in [6.45, 7) is 10.5. The summed E-state index contributed by atoms with van der Waals surface area (Å²) in [5, 5.41) is 9.79. The third-order valence-corrected chi connectivity index (χ3v) is 4.16. The standard InChI is InChI=1S/C14H26O2/c1-9(2)13(16)7-12-10(3)6-11(15)8-14(12,4)5/h9-12,15H,6-8H2,1-5H3. The highest BCUT2D eigenvalue weighted by atomic mass is 16.3. The number of hydrogen-bond acceptors (Lipinski definition) is 2. The van der Waals surface area contributed by atoms with Crippen molar-refractivity contribution in [1.82, 2.24) is 0 Å². The first-order valence-corrected chi connectivity index (χ1v) is 6.45. The van der Waals surface area contributed by atoms with Crippen molar-refractivity contribution >= 4 is 5.78 Å². The van der Waals surface area contributed by atoms with Crippen molar-refractivity contribution < 1.29 is 9.90 Å². The van der Waals surface area contributed by atoms with Gasteiger partial charge in [0.2, 0.25) is 0 Å². The van der Waals surface area contributed by atoms with Gasteiger partial charge in [-0.25, -0.2) is 0 Å². The van der Waals surface area contributed by atoms with Crippen LogP contribution in [0.2, 0.25) is 0 Å². The lowest BCUT2D eigenvalue weighted by Gasteiger charge is -2.45. The largest absolute Gasteiger partial charge is 0.393 e. The molecular formula is C14H26O2. The number of aliphatic hydroxyl groups excluding tert-OH is 1. The number of Topliss-reactive ketones (excluding diaryl/α,β-unsaturated/α-hetero) is 1. The van der Waals surface area contributed by atoms with Crippen LogP contribution in [-0.4, -0.2) is 17.0 Å². The zero-order valence-corrected chi connectivity index (χ0v) is 11.3. The summed E-state index contributed by atoms with van der Waals surface area (Å²) in [5.41, 5.74) is 0.0850. The summed E-state index contributed by atoms with van der Waals surface area (Å²) >= 11 is 0. The van der Waals surface area contributed by atoms with Crippen molar-refractivity contribution in [1.29, 1.82) is 0 Å². The Morgan fingerprint density at radius 1 is 1.44 bits per heavy atom. The van der Waals surface area contributed by atoms with Gasteiger partial charge in [-0.1, -0.05) is 34.6 Å². The van der Waals surface area contributed by atoms with Gasteiger partial charge in [0.1, 0.15) is 5.78 Å². The molecule has 1 saturated carbocycles. The van der Waals surface area contributed by atoms with Crippen LogP contribution in [0.1, 0.15) is 53.9 Å². The molecule has 0 aromatic rings. The van der Waals surface area contributed by atoms with E-state index in [4.69, 9.17) is 0 Å². The Morgan fingerprint density at radius 3 is 2.44 bits per heavy atom. The van der Waals surface area contributed by atoms with E-state index in [0.29, 0.717) is 24.0 Å². The van der Waals surface area contributed by atoms with Crippen molar-refractivity contribution in [3.8, 4) is 0 Å². The number of carbonyl (C=O) groups excluding carboxylic acids is 1. The van der Waals surface area contributed by atoms with E-state index in [2.05, 4.69) is 20.8 Å². The van der Waals surface area contributed by atoms with Crippen LogP contribution in [-0.2, 0) is 4.79 Å². The minimum Gasteiger partial charge on any atom is -0.393 e. The third-order valence-electron chi connectivity index (χ3n) is 4.16. The second-order valence-electron chi connectivity index (χ2n) is 6.49. The normalized spacial score (nSPS) is 34.1. The molecule has 2 nitrogen and oxygen atoms in total. The Kier molecular flexibility index (Phi) is 4.17. The van der Waals surface area contributed by atoms with Crippen molar-refractivity contribution in [2.75, 3.05) is 0 Å². The number of ketones is 1. The van der Waals surface area contributed by atoms with E-state index in [-0.39, 0.29) is 17.4 Å². The minimum absolute atomic E-state index is 0.0850. The van der Waals surface area contributed by atoms with E-state index in [0.717, 1.165) is 12.8 Å². The Bertz CT molecular complexity index is 255. The van der Waals surface area contributed by atoms with Gasteiger partial charge in [-0.3, -0.25) is 4.79 Å². The first kappa shape index (κ1) is 13.7. The predicted molar refractivity (Wildman–Crippen MR) is 66.1 cm³/mol. The monoisotopic (exact) mass is 226 g/mol. The summed E-state index contributed by atoms with van der Waals surface area (Å²) in [5.74, 6) is 1.36. The van der Waals surface area contributed by atoms with Crippen LogP contribution >= 0.6 is 0 Å². The zero-order chi connectivity index (χ0) is 12.5. The van der Waals surface area contributed by atoms with E-state index in [9.17, 15) is 9.90 Å². The molecule has 0 amide bonds. The van der Waals surface area contributed by atoms with E-state index < -0.39 is 0 Å². The minimum atomic E-state index is -0.185. The molecular weight excluding hydrogens is 200 g/mol. The lowest BCUT2D eigenvalue weighted by Crippen LogP contribution is -2.41. The van der Waals surface area contributed by atoms with Crippen LogP contribution in [0.15, 0.2) is 0 Å². The molecule has 3 atom stereocenters. The van der Waals surface area contributed by atoms with Crippen molar-refractivity contribution in [2.24, 2.45) is 23.2 Å². The molecule has 0 heterocycles. The highest BCUT2D eigenvalue weighted by molar-refractivity contribution is 5.80. The molecule has 0 bridgehead atoms. The maximum atomic E-state index is 11.9. The molecule has 0 spiro atoms. The molecule has 0 radical (unpaired) electrons. The average Bonchev–Trinajstić information content (AvgIpc) is 2.09. The smallest absolute Gasteiger partial charge is 0.135 e. The van der Waals surface area contributed by atoms with E-state index >= 15 is 0 Å². The molecule has 0 aromatic heterocycles. The van der Waals surface area contributed by atoms with Gasteiger partial charge in [0.15, 0.2) is 0 Å². The van der Waals surface area contributed by atoms with E-state index in [1.165, 1.54) is 0 Å². The van der Waals surface area contributed by atoms with Gasteiger partial charge in [0.25, 0.3) is 0 Å². The molecule has 1 rings (SSSR count). The van der Waals surface area contributed by atoms with Gasteiger partial charge in [-0.05, 0) is 30.1 Å². The average molecular weight is 226 g/mol. The fourth-order valence-electron chi connectivity index (χ4n) is 3.14. The fourth-order valence-corrected chi connectivity index (χ4v) is 3.14. The molecule has 0 aliphatic heterocycles. The van der Waals surface area contributed by atoms with Gasteiger partial charge < -0.3 is 5.11 Å². The maximum Gasteiger partial charge on any atom is 0.135 e. The molecule has 1 fully saturated rings. The molecule has 3 unspecified atom stereocenters. The van der Waals surface area contributed by atoms with Crippen LogP contribution in [0.25, 0.3) is 0 Å². The van der Waals surface area contributed by atoms with Crippen molar-refractivity contribution in [3.63, 3.8) is 0 Å². The van der Waals surface area contributed by atoms with Gasteiger partial charge in [-0.2, -0.15) is 0 Å². The Morgan fingerprint density at radius 2 is 2.00 bits per heavy atom. The summed E-state index contributed by atoms with van der Waals surface area (Å²) in [4.78, 5) is 11.9. The molecule has 1 aliphatic carbocycles. The Balaban J connectivity index is 2.73. The first-order valence-electron chi connectivity index (χ1n) is 6.45. The van der Waals surface area contributed by atoms with Gasteiger partial charge in [0, 0.05) is 12.3 Å². The molecule has 1 aliphatic rings. The fraction of sp³-hybridized carbons (Fsp3) is 0.929. The molecule has 16 heavy (non-hydrogen) atoms. The van der Waals surface area contributed by atoms with Crippen LogP contribution in [0.4, 0.5) is 0 Å².